The highest BCUT2D eigenvalue weighted by Gasteiger charge is 2.06. The van der Waals surface area contributed by atoms with E-state index in [4.69, 9.17) is 4.74 Å². The Morgan fingerprint density at radius 3 is 2.62 bits per heavy atom. The van der Waals surface area contributed by atoms with Gasteiger partial charge in [-0.25, -0.2) is 0 Å². The van der Waals surface area contributed by atoms with Crippen LogP contribution in [0.4, 0.5) is 11.6 Å². The zero-order chi connectivity index (χ0) is 21.1. The minimum Gasteiger partial charge on any atom is -0.491 e. The molecule has 0 saturated carbocycles. The third-order valence-electron chi connectivity index (χ3n) is 4.19. The van der Waals surface area contributed by atoms with Crippen LogP contribution in [0.2, 0.25) is 0 Å². The first-order chi connectivity index (χ1) is 14.0. The van der Waals surface area contributed by atoms with Crippen molar-refractivity contribution >= 4 is 17.9 Å². The molecule has 0 aliphatic rings. The zero-order valence-electron chi connectivity index (χ0n) is 17.7. The van der Waals surface area contributed by atoms with Crippen molar-refractivity contribution in [2.24, 2.45) is 5.10 Å². The average Bonchev–Trinajstić information content (AvgIpc) is 2.73. The number of nitrogens with one attached hydrogen (secondary N) is 2. The summed E-state index contributed by atoms with van der Waals surface area (Å²) in [7, 11) is 0. The van der Waals surface area contributed by atoms with Gasteiger partial charge in [-0.2, -0.15) is 5.10 Å². The standard InChI is InChI=1S/C21H32N6O2/c1-5-27(6-2)21-11-10-20(25-26-21)24-23-13-17-8-7-9-19(12-17)29-15-18(28)14-22-16(3)4/h7-13,16,18,22,28H,5-6,14-15H2,1-4H3,(H,24,25)/b23-13+. The minimum absolute atomic E-state index is 0.229. The lowest BCUT2D eigenvalue weighted by atomic mass is 10.2. The van der Waals surface area contributed by atoms with E-state index in [1.807, 2.05) is 50.2 Å². The Labute approximate surface area is 173 Å². The van der Waals surface area contributed by atoms with Crippen molar-refractivity contribution in [2.45, 2.75) is 39.8 Å². The molecule has 1 unspecified atom stereocenters. The number of anilines is 2. The van der Waals surface area contributed by atoms with Gasteiger partial charge in [0.15, 0.2) is 11.6 Å². The molecule has 29 heavy (non-hydrogen) atoms. The summed E-state index contributed by atoms with van der Waals surface area (Å²) in [6, 6.07) is 11.6. The second-order valence-electron chi connectivity index (χ2n) is 6.92. The van der Waals surface area contributed by atoms with Gasteiger partial charge in [-0.3, -0.25) is 5.43 Å². The van der Waals surface area contributed by atoms with Crippen LogP contribution in [0, 0.1) is 0 Å². The maximum atomic E-state index is 9.94. The molecule has 1 atom stereocenters. The summed E-state index contributed by atoms with van der Waals surface area (Å²) in [6.07, 6.45) is 1.12. The van der Waals surface area contributed by atoms with Crippen LogP contribution in [-0.2, 0) is 0 Å². The zero-order valence-corrected chi connectivity index (χ0v) is 17.7. The SMILES string of the molecule is CCN(CC)c1ccc(N/N=C/c2cccc(OCC(O)CNC(C)C)c2)nn1. The molecule has 8 heteroatoms. The molecule has 0 spiro atoms. The van der Waals surface area contributed by atoms with Crippen LogP contribution in [0.15, 0.2) is 41.5 Å². The lowest BCUT2D eigenvalue weighted by molar-refractivity contribution is 0.104. The largest absolute Gasteiger partial charge is 0.491 e. The highest BCUT2D eigenvalue weighted by molar-refractivity contribution is 5.80. The quantitative estimate of drug-likeness (QED) is 0.372. The Morgan fingerprint density at radius 1 is 1.17 bits per heavy atom. The van der Waals surface area contributed by atoms with Crippen molar-refractivity contribution in [3.8, 4) is 5.75 Å². The molecule has 0 amide bonds. The van der Waals surface area contributed by atoms with Gasteiger partial charge in [0.2, 0.25) is 0 Å². The summed E-state index contributed by atoms with van der Waals surface area (Å²) >= 11 is 0. The molecule has 158 valence electrons. The molecular weight excluding hydrogens is 368 g/mol. The highest BCUT2D eigenvalue weighted by Crippen LogP contribution is 2.13. The monoisotopic (exact) mass is 400 g/mol. The number of aromatic nitrogens is 2. The number of nitrogens with zero attached hydrogens (tertiary/aromatic N) is 4. The fourth-order valence-electron chi connectivity index (χ4n) is 2.58. The van der Waals surface area contributed by atoms with Gasteiger partial charge >= 0.3 is 0 Å². The number of hydrazone groups is 1. The van der Waals surface area contributed by atoms with E-state index in [0.29, 0.717) is 24.2 Å². The third-order valence-corrected chi connectivity index (χ3v) is 4.19. The highest BCUT2D eigenvalue weighted by atomic mass is 16.5. The van der Waals surface area contributed by atoms with E-state index in [2.05, 4.69) is 44.8 Å². The lowest BCUT2D eigenvalue weighted by Gasteiger charge is -2.18. The van der Waals surface area contributed by atoms with Crippen LogP contribution >= 0.6 is 0 Å². The lowest BCUT2D eigenvalue weighted by Crippen LogP contribution is -2.35. The second kappa shape index (κ2) is 12.0. The van der Waals surface area contributed by atoms with Gasteiger partial charge in [-0.1, -0.05) is 26.0 Å². The number of aliphatic hydroxyl groups excluding tert-OH is 1. The fourth-order valence-corrected chi connectivity index (χ4v) is 2.58. The summed E-state index contributed by atoms with van der Waals surface area (Å²) in [5.41, 5.74) is 3.75. The molecular formula is C21H32N6O2. The summed E-state index contributed by atoms with van der Waals surface area (Å²) in [4.78, 5) is 2.13. The number of benzene rings is 1. The number of ether oxygens (including phenoxy) is 1. The molecule has 0 saturated heterocycles. The number of hydrogen-bond acceptors (Lipinski definition) is 8. The third kappa shape index (κ3) is 8.05. The predicted molar refractivity (Wildman–Crippen MR) is 118 cm³/mol. The van der Waals surface area contributed by atoms with Crippen molar-refractivity contribution in [1.29, 1.82) is 0 Å². The number of hydrogen-bond donors (Lipinski definition) is 3. The molecule has 8 nitrogen and oxygen atoms in total. The molecule has 0 radical (unpaired) electrons. The van der Waals surface area contributed by atoms with E-state index >= 15 is 0 Å². The van der Waals surface area contributed by atoms with Gasteiger partial charge in [0.25, 0.3) is 0 Å². The smallest absolute Gasteiger partial charge is 0.168 e. The Morgan fingerprint density at radius 2 is 1.97 bits per heavy atom. The first kappa shape index (κ1) is 22.6. The summed E-state index contributed by atoms with van der Waals surface area (Å²) in [5, 5.41) is 25.7. The number of aliphatic hydroxyl groups is 1. The molecule has 0 aliphatic carbocycles. The normalized spacial score (nSPS) is 12.3. The van der Waals surface area contributed by atoms with Gasteiger partial charge < -0.3 is 20.1 Å². The van der Waals surface area contributed by atoms with Crippen molar-refractivity contribution in [3.63, 3.8) is 0 Å². The van der Waals surface area contributed by atoms with Gasteiger partial charge in [0.1, 0.15) is 18.5 Å². The summed E-state index contributed by atoms with van der Waals surface area (Å²) in [6.45, 7) is 10.7. The molecule has 0 fully saturated rings. The van der Waals surface area contributed by atoms with Crippen molar-refractivity contribution in [1.82, 2.24) is 15.5 Å². The Hall–Kier alpha value is -2.71. The fraction of sp³-hybridized carbons (Fsp3) is 0.476. The van der Waals surface area contributed by atoms with Crippen molar-refractivity contribution in [2.75, 3.05) is 36.6 Å². The van der Waals surface area contributed by atoms with E-state index in [9.17, 15) is 5.11 Å². The summed E-state index contributed by atoms with van der Waals surface area (Å²) in [5.74, 6) is 2.10. The van der Waals surface area contributed by atoms with Gasteiger partial charge in [0, 0.05) is 25.7 Å². The molecule has 0 bridgehead atoms. The molecule has 2 aromatic rings. The second-order valence-corrected chi connectivity index (χ2v) is 6.92. The Kier molecular flexibility index (Phi) is 9.33. The Bertz CT molecular complexity index is 747. The van der Waals surface area contributed by atoms with E-state index in [0.717, 1.165) is 24.5 Å². The van der Waals surface area contributed by atoms with Gasteiger partial charge in [-0.15, -0.1) is 10.2 Å². The van der Waals surface area contributed by atoms with E-state index < -0.39 is 6.10 Å². The van der Waals surface area contributed by atoms with Crippen molar-refractivity contribution < 1.29 is 9.84 Å². The minimum atomic E-state index is -0.561. The van der Waals surface area contributed by atoms with Crippen LogP contribution in [0.5, 0.6) is 5.75 Å². The maximum Gasteiger partial charge on any atom is 0.168 e. The van der Waals surface area contributed by atoms with Gasteiger partial charge in [-0.05, 0) is 43.7 Å². The Balaban J connectivity index is 1.85. The van der Waals surface area contributed by atoms with Crippen LogP contribution in [0.3, 0.4) is 0 Å². The van der Waals surface area contributed by atoms with Crippen LogP contribution in [0.1, 0.15) is 33.3 Å². The van der Waals surface area contributed by atoms with Gasteiger partial charge in [0.05, 0.1) is 6.21 Å². The van der Waals surface area contributed by atoms with E-state index in [-0.39, 0.29) is 6.61 Å². The maximum absolute atomic E-state index is 9.94. The van der Waals surface area contributed by atoms with E-state index in [1.165, 1.54) is 0 Å². The molecule has 1 heterocycles. The van der Waals surface area contributed by atoms with E-state index in [1.54, 1.807) is 6.21 Å². The number of rotatable bonds is 12. The molecule has 0 aliphatic heterocycles. The first-order valence-electron chi connectivity index (χ1n) is 10.0. The predicted octanol–water partition coefficient (Wildman–Crippen LogP) is 2.51. The van der Waals surface area contributed by atoms with Crippen LogP contribution in [-0.4, -0.2) is 59.9 Å². The molecule has 1 aromatic carbocycles. The molecule has 1 aromatic heterocycles. The molecule has 3 N–H and O–H groups in total. The summed E-state index contributed by atoms with van der Waals surface area (Å²) < 4.78 is 5.66. The van der Waals surface area contributed by atoms with Crippen LogP contribution in [0.25, 0.3) is 0 Å². The molecule has 2 rings (SSSR count). The first-order valence-corrected chi connectivity index (χ1v) is 10.0. The van der Waals surface area contributed by atoms with Crippen molar-refractivity contribution in [3.05, 3.63) is 42.0 Å². The van der Waals surface area contributed by atoms with Crippen LogP contribution < -0.4 is 20.4 Å². The topological polar surface area (TPSA) is 94.9 Å². The average molecular weight is 401 g/mol.